The van der Waals surface area contributed by atoms with Crippen molar-refractivity contribution in [2.75, 3.05) is 31.1 Å². The van der Waals surface area contributed by atoms with Crippen molar-refractivity contribution in [3.63, 3.8) is 0 Å². The Labute approximate surface area is 243 Å². The summed E-state index contributed by atoms with van der Waals surface area (Å²) in [5.41, 5.74) is 5.37. The normalized spacial score (nSPS) is 14.5. The zero-order valence-electron chi connectivity index (χ0n) is 24.2. The summed E-state index contributed by atoms with van der Waals surface area (Å²) in [5, 5.41) is 0. The predicted octanol–water partition coefficient (Wildman–Crippen LogP) is 4.89. The maximum Gasteiger partial charge on any atom is 0.328 e. The molecule has 0 atom stereocenters. The number of fused-ring (bicyclic) bond motifs is 1. The molecule has 8 nitrogen and oxygen atoms in total. The van der Waals surface area contributed by atoms with E-state index in [2.05, 4.69) is 76.9 Å². The van der Waals surface area contributed by atoms with Gasteiger partial charge in [0.1, 0.15) is 17.2 Å². The van der Waals surface area contributed by atoms with Crippen molar-refractivity contribution in [3.8, 4) is 11.4 Å². The number of halogens is 1. The minimum atomic E-state index is -0.548. The third-order valence-electron chi connectivity index (χ3n) is 8.01. The van der Waals surface area contributed by atoms with E-state index in [1.807, 2.05) is 6.07 Å². The number of aromatic amines is 2. The zero-order valence-corrected chi connectivity index (χ0v) is 24.2. The number of imidazole rings is 1. The van der Waals surface area contributed by atoms with Gasteiger partial charge in [0.25, 0.3) is 5.56 Å². The summed E-state index contributed by atoms with van der Waals surface area (Å²) >= 11 is 0. The van der Waals surface area contributed by atoms with Gasteiger partial charge in [0.2, 0.25) is 0 Å². The topological polar surface area (TPSA) is 90.0 Å². The second kappa shape index (κ2) is 11.1. The number of piperazine rings is 1. The highest BCUT2D eigenvalue weighted by atomic mass is 19.1. The van der Waals surface area contributed by atoms with Crippen molar-refractivity contribution in [1.82, 2.24) is 24.4 Å². The number of benzene rings is 3. The van der Waals surface area contributed by atoms with Crippen molar-refractivity contribution < 1.29 is 4.39 Å². The molecule has 1 saturated heterocycles. The summed E-state index contributed by atoms with van der Waals surface area (Å²) in [5.74, 6) is 0.465. The van der Waals surface area contributed by atoms with E-state index < -0.39 is 11.2 Å². The van der Waals surface area contributed by atoms with Crippen LogP contribution in [0, 0.1) is 5.82 Å². The van der Waals surface area contributed by atoms with Gasteiger partial charge in [-0.2, -0.15) is 0 Å². The van der Waals surface area contributed by atoms with E-state index in [0.29, 0.717) is 17.7 Å². The van der Waals surface area contributed by atoms with E-state index in [0.717, 1.165) is 54.3 Å². The summed E-state index contributed by atoms with van der Waals surface area (Å²) in [6, 6.07) is 21.1. The molecular weight excluding hydrogens is 531 g/mol. The fourth-order valence-electron chi connectivity index (χ4n) is 5.52. The van der Waals surface area contributed by atoms with Crippen molar-refractivity contribution >= 4 is 16.7 Å². The SMILES string of the molecule is CC(C)(C)c1ccc(-c2nc3c(N4CCN(Cc5cn(Cc6ccccc6F)c(=O)[nH]c5=O)CC4)cccc3[nH]2)cc1. The van der Waals surface area contributed by atoms with Gasteiger partial charge < -0.3 is 9.88 Å². The van der Waals surface area contributed by atoms with Crippen LogP contribution >= 0.6 is 0 Å². The van der Waals surface area contributed by atoms with Gasteiger partial charge in [0.15, 0.2) is 0 Å². The molecule has 1 fully saturated rings. The van der Waals surface area contributed by atoms with Crippen LogP contribution in [-0.2, 0) is 18.5 Å². The number of aromatic nitrogens is 4. The number of anilines is 1. The van der Waals surface area contributed by atoms with E-state index in [1.54, 1.807) is 24.4 Å². The molecule has 1 aliphatic rings. The van der Waals surface area contributed by atoms with Gasteiger partial charge in [-0.25, -0.2) is 14.2 Å². The summed E-state index contributed by atoms with van der Waals surface area (Å²) in [4.78, 5) is 40.4. The van der Waals surface area contributed by atoms with Gasteiger partial charge in [-0.3, -0.25) is 19.2 Å². The lowest BCUT2D eigenvalue weighted by Gasteiger charge is -2.36. The molecule has 2 aromatic heterocycles. The first-order chi connectivity index (χ1) is 20.2. The van der Waals surface area contributed by atoms with E-state index in [4.69, 9.17) is 4.98 Å². The number of rotatable bonds is 6. The largest absolute Gasteiger partial charge is 0.367 e. The fraction of sp³-hybridized carbons (Fsp3) is 0.303. The molecule has 42 heavy (non-hydrogen) atoms. The molecule has 0 aliphatic carbocycles. The van der Waals surface area contributed by atoms with E-state index in [9.17, 15) is 14.0 Å². The van der Waals surface area contributed by atoms with Gasteiger partial charge in [-0.15, -0.1) is 0 Å². The van der Waals surface area contributed by atoms with Gasteiger partial charge >= 0.3 is 5.69 Å². The number of hydrogen-bond donors (Lipinski definition) is 2. The van der Waals surface area contributed by atoms with Crippen molar-refractivity contribution in [1.29, 1.82) is 0 Å². The summed E-state index contributed by atoms with van der Waals surface area (Å²) in [6.45, 7) is 10.1. The van der Waals surface area contributed by atoms with Crippen molar-refractivity contribution in [3.05, 3.63) is 116 Å². The predicted molar refractivity (Wildman–Crippen MR) is 165 cm³/mol. The van der Waals surface area contributed by atoms with Gasteiger partial charge in [-0.05, 0) is 29.2 Å². The molecule has 216 valence electrons. The number of nitrogens with one attached hydrogen (secondary N) is 2. The Balaban J connectivity index is 1.16. The molecule has 0 saturated carbocycles. The standard InChI is InChI=1S/C33H35FN6O2/c1-33(2,3)25-13-11-22(12-14-25)30-35-27-9-6-10-28(29(27)36-30)39-17-15-38(16-18-39)19-24-21-40(32(42)37-31(24)41)20-23-7-4-5-8-26(23)34/h4-14,21H,15-20H2,1-3H3,(H,35,36)(H,37,41,42). The van der Waals surface area contributed by atoms with E-state index in [1.165, 1.54) is 16.2 Å². The van der Waals surface area contributed by atoms with Crippen molar-refractivity contribution in [2.45, 2.75) is 39.3 Å². The Kier molecular flexibility index (Phi) is 7.28. The number of H-pyrrole nitrogens is 2. The van der Waals surface area contributed by atoms with Gasteiger partial charge in [0, 0.05) is 55.6 Å². The lowest BCUT2D eigenvalue weighted by Crippen LogP contribution is -2.47. The lowest BCUT2D eigenvalue weighted by atomic mass is 9.87. The minimum Gasteiger partial charge on any atom is -0.367 e. The monoisotopic (exact) mass is 566 g/mol. The first kappa shape index (κ1) is 27.7. The molecule has 0 amide bonds. The number of hydrogen-bond acceptors (Lipinski definition) is 5. The summed E-state index contributed by atoms with van der Waals surface area (Å²) in [6.07, 6.45) is 1.56. The van der Waals surface area contributed by atoms with Crippen LogP contribution in [0.25, 0.3) is 22.4 Å². The molecule has 9 heteroatoms. The van der Waals surface area contributed by atoms with E-state index in [-0.39, 0.29) is 17.8 Å². The quantitative estimate of drug-likeness (QED) is 0.306. The minimum absolute atomic E-state index is 0.0550. The average Bonchev–Trinajstić information content (AvgIpc) is 3.41. The van der Waals surface area contributed by atoms with Crippen LogP contribution in [0.3, 0.4) is 0 Å². The third-order valence-corrected chi connectivity index (χ3v) is 8.01. The first-order valence-corrected chi connectivity index (χ1v) is 14.3. The lowest BCUT2D eigenvalue weighted by molar-refractivity contribution is 0.248. The Morgan fingerprint density at radius 3 is 2.29 bits per heavy atom. The molecule has 3 aromatic carbocycles. The second-order valence-corrected chi connectivity index (χ2v) is 12.0. The Morgan fingerprint density at radius 2 is 1.57 bits per heavy atom. The first-order valence-electron chi connectivity index (χ1n) is 14.3. The molecule has 0 bridgehead atoms. The van der Waals surface area contributed by atoms with Crippen LogP contribution < -0.4 is 16.1 Å². The Bertz CT molecular complexity index is 1840. The highest BCUT2D eigenvalue weighted by Crippen LogP contribution is 2.30. The van der Waals surface area contributed by atoms with Gasteiger partial charge in [-0.1, -0.05) is 69.3 Å². The molecule has 2 N–H and O–H groups in total. The molecular formula is C33H35FN6O2. The molecule has 3 heterocycles. The maximum absolute atomic E-state index is 14.2. The highest BCUT2D eigenvalue weighted by Gasteiger charge is 2.22. The second-order valence-electron chi connectivity index (χ2n) is 12.0. The van der Waals surface area contributed by atoms with Crippen LogP contribution in [-0.4, -0.2) is 50.6 Å². The molecule has 0 spiro atoms. The molecule has 6 rings (SSSR count). The van der Waals surface area contributed by atoms with Crippen LogP contribution in [0.2, 0.25) is 0 Å². The summed E-state index contributed by atoms with van der Waals surface area (Å²) in [7, 11) is 0. The van der Waals surface area contributed by atoms with E-state index >= 15 is 0 Å². The van der Waals surface area contributed by atoms with Crippen molar-refractivity contribution in [2.24, 2.45) is 0 Å². The van der Waals surface area contributed by atoms with Crippen LogP contribution in [0.1, 0.15) is 37.5 Å². The fourth-order valence-corrected chi connectivity index (χ4v) is 5.52. The molecule has 1 aliphatic heterocycles. The molecule has 0 radical (unpaired) electrons. The molecule has 0 unspecified atom stereocenters. The average molecular weight is 567 g/mol. The molecule has 5 aromatic rings. The van der Waals surface area contributed by atoms with Crippen LogP contribution in [0.5, 0.6) is 0 Å². The zero-order chi connectivity index (χ0) is 29.4. The smallest absolute Gasteiger partial charge is 0.328 e. The van der Waals surface area contributed by atoms with Crippen LogP contribution in [0.4, 0.5) is 10.1 Å². The number of nitrogens with zero attached hydrogens (tertiary/aromatic N) is 4. The third kappa shape index (κ3) is 5.65. The maximum atomic E-state index is 14.2. The van der Waals surface area contributed by atoms with Gasteiger partial charge in [0.05, 0.1) is 17.7 Å². The van der Waals surface area contributed by atoms with Crippen LogP contribution in [0.15, 0.2) is 82.5 Å². The number of para-hydroxylation sites is 1. The summed E-state index contributed by atoms with van der Waals surface area (Å²) < 4.78 is 15.5. The Morgan fingerprint density at radius 1 is 0.833 bits per heavy atom. The highest BCUT2D eigenvalue weighted by molar-refractivity contribution is 5.91. The Hall–Kier alpha value is -4.50.